The summed E-state index contributed by atoms with van der Waals surface area (Å²) in [4.78, 5) is 37.3. The van der Waals surface area contributed by atoms with Crippen molar-refractivity contribution in [3.63, 3.8) is 0 Å². The van der Waals surface area contributed by atoms with Crippen LogP contribution in [0.5, 0.6) is 0 Å². The minimum atomic E-state index is -4.66. The Hall–Kier alpha value is -3.09. The fourth-order valence-corrected chi connectivity index (χ4v) is 4.05. The highest BCUT2D eigenvalue weighted by Crippen LogP contribution is 2.36. The maximum absolute atomic E-state index is 13.0. The van der Waals surface area contributed by atoms with Crippen LogP contribution in [0.25, 0.3) is 0 Å². The highest BCUT2D eigenvalue weighted by Gasteiger charge is 2.33. The molecule has 3 rings (SSSR count). The summed E-state index contributed by atoms with van der Waals surface area (Å²) in [6, 6.07) is 3.08. The van der Waals surface area contributed by atoms with Crippen molar-refractivity contribution in [3.8, 4) is 0 Å². The second-order valence-corrected chi connectivity index (χ2v) is 8.50. The summed E-state index contributed by atoms with van der Waals surface area (Å²) in [7, 11) is 0. The standard InChI is InChI=1S/C20H18ClF3N6O2S/c1-9(4-14(31)16-11(6-25)17(26)29-8-28-16)19-27-7-15(33-19)18(32)30-10-2-3-13(21)12(5-10)20(22,23)24/h2-3,5,7-9H,4,6,25H2,1H3,(H,30,32)(H2,26,28,29). The van der Waals surface area contributed by atoms with Gasteiger partial charge in [-0.25, -0.2) is 15.0 Å². The number of nitrogen functional groups attached to an aromatic ring is 1. The van der Waals surface area contributed by atoms with Crippen molar-refractivity contribution in [2.24, 2.45) is 5.73 Å². The van der Waals surface area contributed by atoms with Crippen LogP contribution >= 0.6 is 22.9 Å². The van der Waals surface area contributed by atoms with Crippen LogP contribution in [0.4, 0.5) is 24.7 Å². The normalized spacial score (nSPS) is 12.4. The number of amides is 1. The van der Waals surface area contributed by atoms with Crippen molar-refractivity contribution < 1.29 is 22.8 Å². The van der Waals surface area contributed by atoms with Crippen LogP contribution in [0.2, 0.25) is 5.02 Å². The lowest BCUT2D eigenvalue weighted by molar-refractivity contribution is -0.137. The van der Waals surface area contributed by atoms with E-state index in [1.165, 1.54) is 18.6 Å². The molecule has 0 saturated carbocycles. The number of hydrogen-bond donors (Lipinski definition) is 3. The van der Waals surface area contributed by atoms with E-state index in [0.29, 0.717) is 10.6 Å². The summed E-state index contributed by atoms with van der Waals surface area (Å²) in [5.41, 5.74) is 10.8. The number of ketones is 1. The summed E-state index contributed by atoms with van der Waals surface area (Å²) in [5, 5.41) is 2.43. The summed E-state index contributed by atoms with van der Waals surface area (Å²) < 4.78 is 39.1. The minimum absolute atomic E-state index is 0.00441. The van der Waals surface area contributed by atoms with Gasteiger partial charge in [0.25, 0.3) is 5.91 Å². The molecular formula is C20H18ClF3N6O2S. The molecule has 1 aromatic carbocycles. The van der Waals surface area contributed by atoms with Gasteiger partial charge in [-0.2, -0.15) is 13.2 Å². The van der Waals surface area contributed by atoms with Gasteiger partial charge in [-0.05, 0) is 18.2 Å². The second-order valence-electron chi connectivity index (χ2n) is 7.03. The van der Waals surface area contributed by atoms with Crippen molar-refractivity contribution in [1.29, 1.82) is 0 Å². The van der Waals surface area contributed by atoms with Crippen molar-refractivity contribution >= 4 is 46.1 Å². The lowest BCUT2D eigenvalue weighted by Gasteiger charge is -2.11. The number of nitrogens with one attached hydrogen (secondary N) is 1. The Morgan fingerprint density at radius 1 is 1.24 bits per heavy atom. The molecule has 3 aromatic rings. The number of nitrogens with zero attached hydrogens (tertiary/aromatic N) is 3. The molecule has 13 heteroatoms. The first-order valence-corrected chi connectivity index (χ1v) is 10.7. The first-order chi connectivity index (χ1) is 15.5. The van der Waals surface area contributed by atoms with Gasteiger partial charge in [-0.3, -0.25) is 9.59 Å². The Morgan fingerprint density at radius 3 is 2.64 bits per heavy atom. The number of rotatable bonds is 7. The molecule has 33 heavy (non-hydrogen) atoms. The van der Waals surface area contributed by atoms with E-state index in [9.17, 15) is 22.8 Å². The third-order valence-corrected chi connectivity index (χ3v) is 6.19. The molecule has 0 spiro atoms. The van der Waals surface area contributed by atoms with Gasteiger partial charge < -0.3 is 16.8 Å². The van der Waals surface area contributed by atoms with Gasteiger partial charge in [0, 0.05) is 30.1 Å². The quantitative estimate of drug-likeness (QED) is 0.413. The molecular weight excluding hydrogens is 481 g/mol. The molecule has 0 aliphatic heterocycles. The topological polar surface area (TPSA) is 137 Å². The number of carbonyl (C=O) groups is 2. The number of nitrogens with two attached hydrogens (primary N) is 2. The first-order valence-electron chi connectivity index (χ1n) is 9.47. The number of halogens is 4. The smallest absolute Gasteiger partial charge is 0.383 e. The van der Waals surface area contributed by atoms with Gasteiger partial charge >= 0.3 is 6.18 Å². The number of thiazole rings is 1. The fraction of sp³-hybridized carbons (Fsp3) is 0.250. The minimum Gasteiger partial charge on any atom is -0.383 e. The zero-order valence-corrected chi connectivity index (χ0v) is 18.7. The summed E-state index contributed by atoms with van der Waals surface area (Å²) >= 11 is 6.62. The van der Waals surface area contributed by atoms with Crippen LogP contribution in [0.15, 0.2) is 30.7 Å². The monoisotopic (exact) mass is 498 g/mol. The maximum atomic E-state index is 13.0. The van der Waals surface area contributed by atoms with Gasteiger partial charge in [0.1, 0.15) is 22.7 Å². The number of hydrogen-bond acceptors (Lipinski definition) is 8. The van der Waals surface area contributed by atoms with Crippen LogP contribution in [0, 0.1) is 0 Å². The van der Waals surface area contributed by atoms with E-state index >= 15 is 0 Å². The van der Waals surface area contributed by atoms with E-state index in [4.69, 9.17) is 23.1 Å². The molecule has 2 heterocycles. The summed E-state index contributed by atoms with van der Waals surface area (Å²) in [6.07, 6.45) is -2.15. The molecule has 0 fully saturated rings. The third kappa shape index (κ3) is 5.64. The van der Waals surface area contributed by atoms with Gasteiger partial charge in [-0.15, -0.1) is 11.3 Å². The van der Waals surface area contributed by atoms with Gasteiger partial charge in [0.2, 0.25) is 0 Å². The van der Waals surface area contributed by atoms with Gasteiger partial charge in [-0.1, -0.05) is 18.5 Å². The van der Waals surface area contributed by atoms with E-state index in [1.54, 1.807) is 6.92 Å². The summed E-state index contributed by atoms with van der Waals surface area (Å²) in [5.74, 6) is -1.17. The van der Waals surface area contributed by atoms with Crippen LogP contribution in [0.3, 0.4) is 0 Å². The van der Waals surface area contributed by atoms with E-state index < -0.39 is 22.7 Å². The zero-order valence-electron chi connectivity index (χ0n) is 17.1. The Bertz CT molecular complexity index is 1200. The number of aromatic nitrogens is 3. The van der Waals surface area contributed by atoms with Crippen LogP contribution in [-0.4, -0.2) is 26.6 Å². The number of alkyl halides is 3. The van der Waals surface area contributed by atoms with Gasteiger partial charge in [0.15, 0.2) is 5.78 Å². The molecule has 1 unspecified atom stereocenters. The Morgan fingerprint density at radius 2 is 1.97 bits per heavy atom. The molecule has 0 aliphatic carbocycles. The Kier molecular flexibility index (Phi) is 7.30. The van der Waals surface area contributed by atoms with E-state index in [0.717, 1.165) is 23.5 Å². The van der Waals surface area contributed by atoms with Crippen molar-refractivity contribution in [2.45, 2.75) is 32.0 Å². The highest BCUT2D eigenvalue weighted by molar-refractivity contribution is 7.13. The molecule has 174 valence electrons. The average Bonchev–Trinajstić information content (AvgIpc) is 3.24. The van der Waals surface area contributed by atoms with Crippen LogP contribution in [-0.2, 0) is 12.7 Å². The molecule has 1 amide bonds. The molecule has 8 nitrogen and oxygen atoms in total. The maximum Gasteiger partial charge on any atom is 0.417 e. The second kappa shape index (κ2) is 9.81. The predicted octanol–water partition coefficient (Wildman–Crippen LogP) is 4.28. The molecule has 0 bridgehead atoms. The molecule has 1 atom stereocenters. The zero-order chi connectivity index (χ0) is 24.3. The largest absolute Gasteiger partial charge is 0.417 e. The van der Waals surface area contributed by atoms with E-state index in [-0.39, 0.29) is 46.7 Å². The molecule has 2 aromatic heterocycles. The van der Waals surface area contributed by atoms with Gasteiger partial charge in [0.05, 0.1) is 21.8 Å². The predicted molar refractivity (Wildman–Crippen MR) is 118 cm³/mol. The number of Topliss-reactive ketones (excluding diaryl/α,β-unsaturated/α-hetero) is 1. The average molecular weight is 499 g/mol. The summed E-state index contributed by atoms with van der Waals surface area (Å²) in [6.45, 7) is 1.75. The van der Waals surface area contributed by atoms with Crippen molar-refractivity contribution in [2.75, 3.05) is 11.1 Å². The molecule has 0 aliphatic rings. The fourth-order valence-electron chi connectivity index (χ4n) is 2.96. The first kappa shape index (κ1) is 24.6. The number of benzene rings is 1. The van der Waals surface area contributed by atoms with E-state index in [1.807, 2.05) is 0 Å². The lowest BCUT2D eigenvalue weighted by atomic mass is 10.0. The third-order valence-electron chi connectivity index (χ3n) is 4.64. The number of anilines is 2. The lowest BCUT2D eigenvalue weighted by Crippen LogP contribution is -2.15. The molecule has 0 saturated heterocycles. The molecule has 0 radical (unpaired) electrons. The van der Waals surface area contributed by atoms with Crippen LogP contribution in [0.1, 0.15) is 55.6 Å². The molecule has 5 N–H and O–H groups in total. The van der Waals surface area contributed by atoms with Crippen molar-refractivity contribution in [3.05, 3.63) is 62.5 Å². The van der Waals surface area contributed by atoms with Crippen molar-refractivity contribution in [1.82, 2.24) is 15.0 Å². The number of carbonyl (C=O) groups excluding carboxylic acids is 2. The van der Waals surface area contributed by atoms with Crippen LogP contribution < -0.4 is 16.8 Å². The Labute approximate surface area is 195 Å². The SMILES string of the molecule is CC(CC(=O)c1ncnc(N)c1CN)c1ncc(C(=O)Nc2ccc(Cl)c(C(F)(F)F)c2)s1. The highest BCUT2D eigenvalue weighted by atomic mass is 35.5. The Balaban J connectivity index is 1.71. The van der Waals surface area contributed by atoms with E-state index in [2.05, 4.69) is 20.3 Å².